The first-order valence-electron chi connectivity index (χ1n) is 8.49. The number of fused-ring (bicyclic) bond motifs is 1. The van der Waals surface area contributed by atoms with Crippen molar-refractivity contribution in [1.82, 2.24) is 4.90 Å². The standard InChI is InChI=1S/C20H24N2O2/c1-3-12-22-13-11-18-16(14-22)5-4-6-19(18)21-20(23)15-7-9-17(24-2)10-8-15/h4-10H,3,11-14H2,1-2H3,(H,21,23). The molecule has 0 bridgehead atoms. The molecular weight excluding hydrogens is 300 g/mol. The van der Waals surface area contributed by atoms with E-state index < -0.39 is 0 Å². The molecule has 0 aromatic heterocycles. The number of amides is 1. The molecule has 24 heavy (non-hydrogen) atoms. The number of hydrogen-bond acceptors (Lipinski definition) is 3. The van der Waals surface area contributed by atoms with Gasteiger partial charge in [0.1, 0.15) is 5.75 Å². The van der Waals surface area contributed by atoms with E-state index in [9.17, 15) is 4.79 Å². The van der Waals surface area contributed by atoms with Gasteiger partial charge in [-0.15, -0.1) is 0 Å². The van der Waals surface area contributed by atoms with Crippen LogP contribution in [0.1, 0.15) is 34.8 Å². The molecule has 1 N–H and O–H groups in total. The van der Waals surface area contributed by atoms with Crippen molar-refractivity contribution in [2.75, 3.05) is 25.5 Å². The normalized spacial score (nSPS) is 14.1. The van der Waals surface area contributed by atoms with E-state index in [-0.39, 0.29) is 5.91 Å². The Labute approximate surface area is 143 Å². The molecule has 4 nitrogen and oxygen atoms in total. The second kappa shape index (κ2) is 7.49. The average Bonchev–Trinajstić information content (AvgIpc) is 2.62. The van der Waals surface area contributed by atoms with Gasteiger partial charge in [0.15, 0.2) is 0 Å². The fourth-order valence-electron chi connectivity index (χ4n) is 3.23. The number of nitrogens with one attached hydrogen (secondary N) is 1. The summed E-state index contributed by atoms with van der Waals surface area (Å²) < 4.78 is 5.14. The Morgan fingerprint density at radius 3 is 2.71 bits per heavy atom. The fraction of sp³-hybridized carbons (Fsp3) is 0.350. The maximum Gasteiger partial charge on any atom is 0.255 e. The Morgan fingerprint density at radius 2 is 2.00 bits per heavy atom. The first-order chi connectivity index (χ1) is 11.7. The lowest BCUT2D eigenvalue weighted by atomic mass is 9.97. The lowest BCUT2D eigenvalue weighted by Crippen LogP contribution is -2.31. The number of methoxy groups -OCH3 is 1. The number of nitrogens with zero attached hydrogens (tertiary/aromatic N) is 1. The van der Waals surface area contributed by atoms with Crippen molar-refractivity contribution < 1.29 is 9.53 Å². The third-order valence-electron chi connectivity index (χ3n) is 4.49. The molecule has 126 valence electrons. The summed E-state index contributed by atoms with van der Waals surface area (Å²) in [4.78, 5) is 15.0. The quantitative estimate of drug-likeness (QED) is 0.911. The van der Waals surface area contributed by atoms with Gasteiger partial charge in [0, 0.05) is 24.3 Å². The number of carbonyl (C=O) groups is 1. The van der Waals surface area contributed by atoms with Gasteiger partial charge in [-0.25, -0.2) is 0 Å². The Hall–Kier alpha value is -2.33. The minimum atomic E-state index is -0.0814. The largest absolute Gasteiger partial charge is 0.497 e. The van der Waals surface area contributed by atoms with Crippen molar-refractivity contribution in [2.45, 2.75) is 26.3 Å². The van der Waals surface area contributed by atoms with Crippen molar-refractivity contribution in [3.8, 4) is 5.75 Å². The Morgan fingerprint density at radius 1 is 1.21 bits per heavy atom. The summed E-state index contributed by atoms with van der Waals surface area (Å²) in [5, 5.41) is 3.07. The summed E-state index contributed by atoms with van der Waals surface area (Å²) in [6, 6.07) is 13.4. The molecule has 0 saturated heterocycles. The van der Waals surface area contributed by atoms with Crippen molar-refractivity contribution in [3.63, 3.8) is 0 Å². The highest BCUT2D eigenvalue weighted by molar-refractivity contribution is 6.04. The Bertz CT molecular complexity index is 710. The number of carbonyl (C=O) groups excluding carboxylic acids is 1. The monoisotopic (exact) mass is 324 g/mol. The van der Waals surface area contributed by atoms with Crippen LogP contribution in [0.2, 0.25) is 0 Å². The van der Waals surface area contributed by atoms with Gasteiger partial charge in [-0.2, -0.15) is 0 Å². The highest BCUT2D eigenvalue weighted by Gasteiger charge is 2.19. The summed E-state index contributed by atoms with van der Waals surface area (Å²) in [5.41, 5.74) is 4.16. The SMILES string of the molecule is CCCN1CCc2c(cccc2NC(=O)c2ccc(OC)cc2)C1. The van der Waals surface area contributed by atoms with E-state index in [1.807, 2.05) is 12.1 Å². The second-order valence-corrected chi connectivity index (χ2v) is 6.15. The number of ether oxygens (including phenoxy) is 1. The number of rotatable bonds is 5. The van der Waals surface area contributed by atoms with Crippen LogP contribution >= 0.6 is 0 Å². The van der Waals surface area contributed by atoms with Gasteiger partial charge in [0.25, 0.3) is 5.91 Å². The zero-order valence-corrected chi connectivity index (χ0v) is 14.3. The molecule has 0 spiro atoms. The van der Waals surface area contributed by atoms with E-state index in [1.165, 1.54) is 17.5 Å². The minimum Gasteiger partial charge on any atom is -0.497 e. The molecule has 0 atom stereocenters. The molecule has 4 heteroatoms. The lowest BCUT2D eigenvalue weighted by Gasteiger charge is -2.29. The second-order valence-electron chi connectivity index (χ2n) is 6.15. The maximum atomic E-state index is 12.5. The van der Waals surface area contributed by atoms with Gasteiger partial charge < -0.3 is 10.1 Å². The molecule has 0 fully saturated rings. The fourth-order valence-corrected chi connectivity index (χ4v) is 3.23. The summed E-state index contributed by atoms with van der Waals surface area (Å²) in [6.45, 7) is 5.36. The molecule has 2 aromatic rings. The van der Waals surface area contributed by atoms with Gasteiger partial charge >= 0.3 is 0 Å². The van der Waals surface area contributed by atoms with Crippen LogP contribution in [0.3, 0.4) is 0 Å². The van der Waals surface area contributed by atoms with Crippen LogP contribution in [0.4, 0.5) is 5.69 Å². The molecule has 1 heterocycles. The molecule has 0 aliphatic carbocycles. The molecule has 1 aliphatic rings. The lowest BCUT2D eigenvalue weighted by molar-refractivity contribution is 0.102. The van der Waals surface area contributed by atoms with Gasteiger partial charge in [0.2, 0.25) is 0 Å². The molecule has 3 rings (SSSR count). The molecule has 1 amide bonds. The maximum absolute atomic E-state index is 12.5. The molecular formula is C20H24N2O2. The average molecular weight is 324 g/mol. The summed E-state index contributed by atoms with van der Waals surface area (Å²) in [7, 11) is 1.62. The first-order valence-corrected chi connectivity index (χ1v) is 8.49. The number of hydrogen-bond donors (Lipinski definition) is 1. The third kappa shape index (κ3) is 3.60. The number of benzene rings is 2. The minimum absolute atomic E-state index is 0.0814. The van der Waals surface area contributed by atoms with Crippen molar-refractivity contribution in [3.05, 3.63) is 59.2 Å². The van der Waals surface area contributed by atoms with Crippen molar-refractivity contribution in [1.29, 1.82) is 0 Å². The Balaban J connectivity index is 1.76. The highest BCUT2D eigenvalue weighted by Crippen LogP contribution is 2.27. The van der Waals surface area contributed by atoms with Crippen LogP contribution in [0.25, 0.3) is 0 Å². The van der Waals surface area contributed by atoms with Gasteiger partial charge in [0.05, 0.1) is 7.11 Å². The zero-order chi connectivity index (χ0) is 16.9. The topological polar surface area (TPSA) is 41.6 Å². The van der Waals surface area contributed by atoms with Crippen LogP contribution in [0.5, 0.6) is 5.75 Å². The van der Waals surface area contributed by atoms with E-state index in [4.69, 9.17) is 4.74 Å². The van der Waals surface area contributed by atoms with E-state index in [1.54, 1.807) is 31.4 Å². The van der Waals surface area contributed by atoms with Gasteiger partial charge in [-0.05, 0) is 60.8 Å². The van der Waals surface area contributed by atoms with Crippen LogP contribution in [-0.2, 0) is 13.0 Å². The number of anilines is 1. The molecule has 0 unspecified atom stereocenters. The van der Waals surface area contributed by atoms with E-state index in [2.05, 4.69) is 23.2 Å². The van der Waals surface area contributed by atoms with Gasteiger partial charge in [-0.3, -0.25) is 9.69 Å². The van der Waals surface area contributed by atoms with Crippen molar-refractivity contribution in [2.24, 2.45) is 0 Å². The smallest absolute Gasteiger partial charge is 0.255 e. The summed E-state index contributed by atoms with van der Waals surface area (Å²) in [5.74, 6) is 0.668. The van der Waals surface area contributed by atoms with E-state index in [0.717, 1.165) is 37.5 Å². The first kappa shape index (κ1) is 16.5. The van der Waals surface area contributed by atoms with Crippen LogP contribution in [0, 0.1) is 0 Å². The van der Waals surface area contributed by atoms with Crippen LogP contribution in [0.15, 0.2) is 42.5 Å². The predicted molar refractivity (Wildman–Crippen MR) is 96.7 cm³/mol. The third-order valence-corrected chi connectivity index (χ3v) is 4.49. The summed E-state index contributed by atoms with van der Waals surface area (Å²) >= 11 is 0. The summed E-state index contributed by atoms with van der Waals surface area (Å²) in [6.07, 6.45) is 2.15. The predicted octanol–water partition coefficient (Wildman–Crippen LogP) is 3.72. The Kier molecular flexibility index (Phi) is 5.16. The molecule has 0 radical (unpaired) electrons. The van der Waals surface area contributed by atoms with Gasteiger partial charge in [-0.1, -0.05) is 19.1 Å². The van der Waals surface area contributed by atoms with Crippen LogP contribution in [-0.4, -0.2) is 31.0 Å². The molecule has 2 aromatic carbocycles. The van der Waals surface area contributed by atoms with Crippen LogP contribution < -0.4 is 10.1 Å². The van der Waals surface area contributed by atoms with E-state index >= 15 is 0 Å². The van der Waals surface area contributed by atoms with E-state index in [0.29, 0.717) is 5.56 Å². The highest BCUT2D eigenvalue weighted by atomic mass is 16.5. The zero-order valence-electron chi connectivity index (χ0n) is 14.3. The molecule has 1 aliphatic heterocycles. The van der Waals surface area contributed by atoms with Crippen molar-refractivity contribution >= 4 is 11.6 Å². The molecule has 0 saturated carbocycles.